The van der Waals surface area contributed by atoms with Crippen LogP contribution in [0.2, 0.25) is 0 Å². The molecule has 3 aliphatic rings. The predicted molar refractivity (Wildman–Crippen MR) is 104 cm³/mol. The van der Waals surface area contributed by atoms with Gasteiger partial charge in [-0.1, -0.05) is 23.9 Å². The quantitative estimate of drug-likeness (QED) is 0.811. The molecular formula is C20H22N4OS. The van der Waals surface area contributed by atoms with Crippen LogP contribution < -0.4 is 5.73 Å². The highest BCUT2D eigenvalue weighted by molar-refractivity contribution is 8.14. The summed E-state index contributed by atoms with van der Waals surface area (Å²) in [4.78, 5) is 13.3. The van der Waals surface area contributed by atoms with Gasteiger partial charge in [-0.25, -0.2) is 9.97 Å². The highest BCUT2D eigenvalue weighted by Gasteiger charge is 2.52. The number of fused-ring (bicyclic) bond motifs is 4. The topological polar surface area (TPSA) is 84.4 Å². The minimum atomic E-state index is -0.251. The summed E-state index contributed by atoms with van der Waals surface area (Å²) in [5.74, 6) is 1.83. The molecule has 1 spiro atoms. The van der Waals surface area contributed by atoms with Crippen molar-refractivity contribution in [1.29, 1.82) is 0 Å². The lowest BCUT2D eigenvalue weighted by atomic mass is 9.59. The van der Waals surface area contributed by atoms with Gasteiger partial charge in [0, 0.05) is 23.7 Å². The first-order chi connectivity index (χ1) is 12.7. The third-order valence-electron chi connectivity index (χ3n) is 6.27. The number of nitrogens with zero attached hydrogens (tertiary/aromatic N) is 3. The summed E-state index contributed by atoms with van der Waals surface area (Å²) in [5.41, 5.74) is 10.7. The zero-order chi connectivity index (χ0) is 17.7. The molecule has 26 heavy (non-hydrogen) atoms. The van der Waals surface area contributed by atoms with Crippen LogP contribution in [0.3, 0.4) is 0 Å². The summed E-state index contributed by atoms with van der Waals surface area (Å²) in [6, 6.07) is 6.66. The molecule has 1 aliphatic heterocycles. The predicted octanol–water partition coefficient (Wildman–Crippen LogP) is 2.73. The van der Waals surface area contributed by atoms with Crippen LogP contribution in [0.25, 0.3) is 11.1 Å². The molecule has 2 heterocycles. The van der Waals surface area contributed by atoms with E-state index in [-0.39, 0.29) is 11.6 Å². The monoisotopic (exact) mass is 366 g/mol. The lowest BCUT2D eigenvalue weighted by Gasteiger charge is -2.48. The van der Waals surface area contributed by atoms with Gasteiger partial charge >= 0.3 is 0 Å². The molecule has 1 aromatic carbocycles. The Bertz CT molecular complexity index is 871. The van der Waals surface area contributed by atoms with Crippen LogP contribution in [0.15, 0.2) is 41.9 Å². The maximum absolute atomic E-state index is 10.2. The molecular weight excluding hydrogens is 344 g/mol. The molecule has 2 aliphatic carbocycles. The summed E-state index contributed by atoms with van der Waals surface area (Å²) in [5, 5.41) is 10.9. The minimum Gasteiger partial charge on any atom is -0.393 e. The molecule has 0 saturated heterocycles. The van der Waals surface area contributed by atoms with E-state index in [0.717, 1.165) is 42.6 Å². The van der Waals surface area contributed by atoms with Crippen molar-refractivity contribution in [1.82, 2.24) is 9.97 Å². The van der Waals surface area contributed by atoms with E-state index in [9.17, 15) is 5.11 Å². The molecule has 0 radical (unpaired) electrons. The van der Waals surface area contributed by atoms with Gasteiger partial charge in [-0.15, -0.1) is 0 Å². The Morgan fingerprint density at radius 2 is 2.00 bits per heavy atom. The molecule has 0 bridgehead atoms. The zero-order valence-electron chi connectivity index (χ0n) is 14.5. The maximum atomic E-state index is 10.2. The molecule has 1 saturated carbocycles. The SMILES string of the molecule is NC1=NC2(CS1)c1cc(-c3cncnc3)ccc1CC1CC(O)CCC12. The van der Waals surface area contributed by atoms with Gasteiger partial charge in [0.15, 0.2) is 5.17 Å². The summed E-state index contributed by atoms with van der Waals surface area (Å²) in [6.45, 7) is 0. The zero-order valence-corrected chi connectivity index (χ0v) is 15.3. The molecule has 3 N–H and O–H groups in total. The average molecular weight is 366 g/mol. The van der Waals surface area contributed by atoms with E-state index in [1.807, 2.05) is 12.4 Å². The van der Waals surface area contributed by atoms with E-state index in [0.29, 0.717) is 17.0 Å². The van der Waals surface area contributed by atoms with E-state index in [2.05, 4.69) is 28.2 Å². The minimum absolute atomic E-state index is 0.175. The van der Waals surface area contributed by atoms with Crippen LogP contribution in [-0.2, 0) is 12.0 Å². The van der Waals surface area contributed by atoms with Gasteiger partial charge in [0.25, 0.3) is 0 Å². The normalized spacial score (nSPS) is 32.8. The fourth-order valence-electron chi connectivity index (χ4n) is 5.13. The van der Waals surface area contributed by atoms with Gasteiger partial charge in [0.05, 0.1) is 6.10 Å². The van der Waals surface area contributed by atoms with Gasteiger partial charge in [-0.2, -0.15) is 0 Å². The molecule has 1 aromatic heterocycles. The fourth-order valence-corrected chi connectivity index (χ4v) is 6.16. The second-order valence-corrected chi connectivity index (χ2v) is 8.70. The van der Waals surface area contributed by atoms with Crippen molar-refractivity contribution < 1.29 is 5.11 Å². The van der Waals surface area contributed by atoms with Crippen molar-refractivity contribution in [3.63, 3.8) is 0 Å². The van der Waals surface area contributed by atoms with Crippen LogP contribution in [0, 0.1) is 11.8 Å². The lowest BCUT2D eigenvalue weighted by Crippen LogP contribution is -2.47. The first-order valence-corrected chi connectivity index (χ1v) is 10.2. The molecule has 0 amide bonds. The van der Waals surface area contributed by atoms with Crippen LogP contribution in [0.5, 0.6) is 0 Å². The number of aromatic nitrogens is 2. The highest BCUT2D eigenvalue weighted by atomic mass is 32.2. The smallest absolute Gasteiger partial charge is 0.154 e. The van der Waals surface area contributed by atoms with E-state index >= 15 is 0 Å². The molecule has 4 atom stereocenters. The Kier molecular flexibility index (Phi) is 3.79. The van der Waals surface area contributed by atoms with Gasteiger partial charge in [0.2, 0.25) is 0 Å². The molecule has 6 heteroatoms. The lowest BCUT2D eigenvalue weighted by molar-refractivity contribution is 0.0347. The molecule has 5 nitrogen and oxygen atoms in total. The third-order valence-corrected chi connectivity index (χ3v) is 7.24. The maximum Gasteiger partial charge on any atom is 0.154 e. The van der Waals surface area contributed by atoms with Crippen molar-refractivity contribution in [3.8, 4) is 11.1 Å². The molecule has 4 unspecified atom stereocenters. The van der Waals surface area contributed by atoms with Gasteiger partial charge in [0.1, 0.15) is 11.9 Å². The molecule has 1 fully saturated rings. The largest absolute Gasteiger partial charge is 0.393 e. The van der Waals surface area contributed by atoms with Crippen molar-refractivity contribution in [2.75, 3.05) is 5.75 Å². The number of aliphatic hydroxyl groups excluding tert-OH is 1. The molecule has 134 valence electrons. The second kappa shape index (κ2) is 6.06. The number of aliphatic hydroxyl groups is 1. The number of rotatable bonds is 1. The second-order valence-electron chi connectivity index (χ2n) is 7.70. The number of thioether (sulfide) groups is 1. The highest BCUT2D eigenvalue weighted by Crippen LogP contribution is 2.55. The fraction of sp³-hybridized carbons (Fsp3) is 0.450. The van der Waals surface area contributed by atoms with Crippen LogP contribution in [0.4, 0.5) is 0 Å². The summed E-state index contributed by atoms with van der Waals surface area (Å²) >= 11 is 1.66. The van der Waals surface area contributed by atoms with E-state index in [4.69, 9.17) is 10.7 Å². The van der Waals surface area contributed by atoms with Gasteiger partial charge < -0.3 is 10.8 Å². The summed E-state index contributed by atoms with van der Waals surface area (Å²) in [7, 11) is 0. The summed E-state index contributed by atoms with van der Waals surface area (Å²) in [6.07, 6.45) is 8.86. The van der Waals surface area contributed by atoms with Gasteiger partial charge in [-0.3, -0.25) is 4.99 Å². The number of hydrogen-bond donors (Lipinski definition) is 2. The number of hydrogen-bond acceptors (Lipinski definition) is 6. The Hall–Kier alpha value is -1.92. The van der Waals surface area contributed by atoms with Crippen molar-refractivity contribution >= 4 is 16.9 Å². The van der Waals surface area contributed by atoms with Crippen LogP contribution in [-0.4, -0.2) is 32.1 Å². The average Bonchev–Trinajstić information content (AvgIpc) is 3.04. The standard InChI is InChI=1S/C20H22N4OS/c21-19-24-20(10-26-19)17-4-3-16(25)6-14(17)5-13-2-1-12(7-18(13)20)15-8-22-11-23-9-15/h1-2,7-9,11,14,16-17,25H,3-6,10H2,(H2,21,24). The molecule has 5 rings (SSSR count). The Morgan fingerprint density at radius 3 is 2.77 bits per heavy atom. The first kappa shape index (κ1) is 16.3. The Morgan fingerprint density at radius 1 is 1.15 bits per heavy atom. The summed E-state index contributed by atoms with van der Waals surface area (Å²) < 4.78 is 0. The van der Waals surface area contributed by atoms with Crippen molar-refractivity contribution in [3.05, 3.63) is 48.0 Å². The van der Waals surface area contributed by atoms with Crippen molar-refractivity contribution in [2.45, 2.75) is 37.3 Å². The van der Waals surface area contributed by atoms with Crippen molar-refractivity contribution in [2.24, 2.45) is 22.6 Å². The van der Waals surface area contributed by atoms with E-state index in [1.54, 1.807) is 18.1 Å². The van der Waals surface area contributed by atoms with Crippen LogP contribution >= 0.6 is 11.8 Å². The first-order valence-electron chi connectivity index (χ1n) is 9.21. The number of amidine groups is 1. The third kappa shape index (κ3) is 2.47. The van der Waals surface area contributed by atoms with E-state index in [1.165, 1.54) is 11.1 Å². The van der Waals surface area contributed by atoms with Crippen LogP contribution in [0.1, 0.15) is 30.4 Å². The Labute approximate surface area is 157 Å². The number of benzene rings is 1. The Balaban J connectivity index is 1.66. The number of nitrogens with two attached hydrogens (primary N) is 1. The van der Waals surface area contributed by atoms with Gasteiger partial charge in [-0.05, 0) is 60.3 Å². The number of aliphatic imine (C=N–C) groups is 1. The van der Waals surface area contributed by atoms with E-state index < -0.39 is 0 Å². The molecule has 2 aromatic rings.